The summed E-state index contributed by atoms with van der Waals surface area (Å²) in [7, 11) is -2.68. The molecule has 1 rings (SSSR count). The topological polar surface area (TPSA) is 101 Å². The third-order valence-corrected chi connectivity index (χ3v) is 3.95. The number of nitrogens with zero attached hydrogens (tertiary/aromatic N) is 1. The zero-order chi connectivity index (χ0) is 13.1. The number of sulfonamides is 1. The van der Waals surface area contributed by atoms with Crippen molar-refractivity contribution in [3.8, 4) is 0 Å². The molecule has 0 aliphatic rings. The highest BCUT2D eigenvalue weighted by atomic mass is 32.2. The Bertz CT molecular complexity index is 494. The Morgan fingerprint density at radius 2 is 2.29 bits per heavy atom. The number of carbonyl (C=O) groups excluding carboxylic acids is 1. The number of hydrogen-bond acceptors (Lipinski definition) is 5. The standard InChI is InChI=1S/C9H15N3O4S/c1-4-7-5-10-11-8(7)12-17(14,15)6(2)9(13)16-3/h5-6H,4H2,1-3H3,(H2,10,11,12). The molecule has 0 fully saturated rings. The molecule has 7 nitrogen and oxygen atoms in total. The first-order valence-electron chi connectivity index (χ1n) is 5.04. The van der Waals surface area contributed by atoms with E-state index in [2.05, 4.69) is 19.7 Å². The maximum atomic E-state index is 11.8. The predicted octanol–water partition coefficient (Wildman–Crippen LogP) is 0.275. The number of aryl methyl sites for hydroxylation is 1. The zero-order valence-corrected chi connectivity index (χ0v) is 10.7. The van der Waals surface area contributed by atoms with E-state index in [4.69, 9.17) is 0 Å². The molecule has 1 heterocycles. The smallest absolute Gasteiger partial charge is 0.325 e. The highest BCUT2D eigenvalue weighted by Crippen LogP contribution is 2.15. The van der Waals surface area contributed by atoms with Crippen molar-refractivity contribution in [2.45, 2.75) is 25.5 Å². The van der Waals surface area contributed by atoms with Crippen LogP contribution in [0.3, 0.4) is 0 Å². The number of carbonyl (C=O) groups is 1. The number of H-pyrrole nitrogens is 1. The maximum Gasteiger partial charge on any atom is 0.325 e. The van der Waals surface area contributed by atoms with Gasteiger partial charge in [-0.2, -0.15) is 5.10 Å². The number of ether oxygens (including phenoxy) is 1. The quantitative estimate of drug-likeness (QED) is 0.741. The fourth-order valence-electron chi connectivity index (χ4n) is 1.19. The minimum absolute atomic E-state index is 0.281. The SMILES string of the molecule is CCc1cn[nH]c1NS(=O)(=O)C(C)C(=O)OC. The summed E-state index contributed by atoms with van der Waals surface area (Å²) in [6.07, 6.45) is 2.15. The molecule has 0 saturated carbocycles. The van der Waals surface area contributed by atoms with E-state index in [0.717, 1.165) is 12.7 Å². The molecular weight excluding hydrogens is 246 g/mol. The van der Waals surface area contributed by atoms with Gasteiger partial charge in [0.1, 0.15) is 5.82 Å². The van der Waals surface area contributed by atoms with Gasteiger partial charge in [-0.15, -0.1) is 0 Å². The molecule has 0 spiro atoms. The lowest BCUT2D eigenvalue weighted by molar-refractivity contribution is -0.139. The maximum absolute atomic E-state index is 11.8. The van der Waals surface area contributed by atoms with E-state index >= 15 is 0 Å². The first-order chi connectivity index (χ1) is 7.92. The molecule has 0 aliphatic carbocycles. The van der Waals surface area contributed by atoms with Crippen molar-refractivity contribution < 1.29 is 17.9 Å². The molecule has 0 aliphatic heterocycles. The second-order valence-electron chi connectivity index (χ2n) is 3.44. The van der Waals surface area contributed by atoms with Gasteiger partial charge in [-0.1, -0.05) is 6.92 Å². The molecule has 2 N–H and O–H groups in total. The van der Waals surface area contributed by atoms with Crippen molar-refractivity contribution in [2.75, 3.05) is 11.8 Å². The third-order valence-electron chi connectivity index (χ3n) is 2.34. The Hall–Kier alpha value is -1.57. The predicted molar refractivity (Wildman–Crippen MR) is 62.0 cm³/mol. The van der Waals surface area contributed by atoms with E-state index in [1.165, 1.54) is 13.1 Å². The van der Waals surface area contributed by atoms with Gasteiger partial charge in [0, 0.05) is 5.56 Å². The average Bonchev–Trinajstić information content (AvgIpc) is 2.73. The van der Waals surface area contributed by atoms with Crippen LogP contribution in [-0.4, -0.2) is 36.9 Å². The molecule has 17 heavy (non-hydrogen) atoms. The van der Waals surface area contributed by atoms with Crippen LogP contribution in [0.2, 0.25) is 0 Å². The largest absolute Gasteiger partial charge is 0.468 e. The molecule has 8 heteroatoms. The van der Waals surface area contributed by atoms with E-state index in [1.807, 2.05) is 6.92 Å². The van der Waals surface area contributed by atoms with Gasteiger partial charge in [-0.05, 0) is 13.3 Å². The van der Waals surface area contributed by atoms with Crippen molar-refractivity contribution in [3.05, 3.63) is 11.8 Å². The van der Waals surface area contributed by atoms with Crippen molar-refractivity contribution >= 4 is 21.8 Å². The number of hydrogen-bond donors (Lipinski definition) is 2. The van der Waals surface area contributed by atoms with Gasteiger partial charge in [0.2, 0.25) is 10.0 Å². The van der Waals surface area contributed by atoms with Gasteiger partial charge < -0.3 is 4.74 Å². The molecular formula is C9H15N3O4S. The van der Waals surface area contributed by atoms with Crippen LogP contribution in [0.4, 0.5) is 5.82 Å². The summed E-state index contributed by atoms with van der Waals surface area (Å²) in [4.78, 5) is 11.2. The molecule has 1 aromatic rings. The molecule has 96 valence electrons. The van der Waals surface area contributed by atoms with Crippen molar-refractivity contribution in [1.29, 1.82) is 0 Å². The van der Waals surface area contributed by atoms with Crippen LogP contribution in [0.1, 0.15) is 19.4 Å². The molecule has 0 saturated heterocycles. The number of nitrogens with one attached hydrogen (secondary N) is 2. The lowest BCUT2D eigenvalue weighted by Crippen LogP contribution is -2.33. The highest BCUT2D eigenvalue weighted by molar-refractivity contribution is 7.94. The van der Waals surface area contributed by atoms with Gasteiger partial charge in [-0.3, -0.25) is 14.6 Å². The van der Waals surface area contributed by atoms with Crippen molar-refractivity contribution in [1.82, 2.24) is 10.2 Å². The molecule has 0 radical (unpaired) electrons. The lowest BCUT2D eigenvalue weighted by Gasteiger charge is -2.12. The Balaban J connectivity index is 2.90. The second kappa shape index (κ2) is 5.17. The Morgan fingerprint density at radius 3 is 2.82 bits per heavy atom. The highest BCUT2D eigenvalue weighted by Gasteiger charge is 2.29. The van der Waals surface area contributed by atoms with Crippen LogP contribution in [0.15, 0.2) is 6.20 Å². The van der Waals surface area contributed by atoms with Crippen LogP contribution in [0.25, 0.3) is 0 Å². The first-order valence-corrected chi connectivity index (χ1v) is 6.58. The Labute approximate surface area is 99.6 Å². The van der Waals surface area contributed by atoms with E-state index in [9.17, 15) is 13.2 Å². The number of esters is 1. The molecule has 0 amide bonds. The Morgan fingerprint density at radius 1 is 1.65 bits per heavy atom. The summed E-state index contributed by atoms with van der Waals surface area (Å²) in [6.45, 7) is 3.13. The normalized spacial score (nSPS) is 13.1. The summed E-state index contributed by atoms with van der Waals surface area (Å²) >= 11 is 0. The van der Waals surface area contributed by atoms with Crippen LogP contribution >= 0.6 is 0 Å². The van der Waals surface area contributed by atoms with Gasteiger partial charge in [0.05, 0.1) is 13.3 Å². The molecule has 1 aromatic heterocycles. The minimum Gasteiger partial charge on any atom is -0.468 e. The van der Waals surface area contributed by atoms with Crippen LogP contribution in [0, 0.1) is 0 Å². The van der Waals surface area contributed by atoms with Crippen molar-refractivity contribution in [3.63, 3.8) is 0 Å². The van der Waals surface area contributed by atoms with E-state index in [-0.39, 0.29) is 5.82 Å². The summed E-state index contributed by atoms with van der Waals surface area (Å²) in [5.41, 5.74) is 0.727. The van der Waals surface area contributed by atoms with Crippen LogP contribution in [0.5, 0.6) is 0 Å². The number of aromatic amines is 1. The molecule has 0 bridgehead atoms. The van der Waals surface area contributed by atoms with Crippen molar-refractivity contribution in [2.24, 2.45) is 0 Å². The minimum atomic E-state index is -3.82. The lowest BCUT2D eigenvalue weighted by atomic mass is 10.3. The number of rotatable bonds is 5. The number of aromatic nitrogens is 2. The molecule has 1 atom stereocenters. The average molecular weight is 261 g/mol. The number of anilines is 1. The van der Waals surface area contributed by atoms with Gasteiger partial charge >= 0.3 is 5.97 Å². The zero-order valence-electron chi connectivity index (χ0n) is 9.85. The van der Waals surface area contributed by atoms with Gasteiger partial charge in [0.25, 0.3) is 0 Å². The number of methoxy groups -OCH3 is 1. The summed E-state index contributed by atoms with van der Waals surface area (Å²) in [6, 6.07) is 0. The fraction of sp³-hybridized carbons (Fsp3) is 0.556. The third kappa shape index (κ3) is 2.96. The van der Waals surface area contributed by atoms with E-state index < -0.39 is 21.2 Å². The molecule has 0 aromatic carbocycles. The summed E-state index contributed by atoms with van der Waals surface area (Å²) < 4.78 is 30.3. The summed E-state index contributed by atoms with van der Waals surface area (Å²) in [5, 5.41) is 4.99. The van der Waals surface area contributed by atoms with Gasteiger partial charge in [0.15, 0.2) is 5.25 Å². The molecule has 1 unspecified atom stereocenters. The van der Waals surface area contributed by atoms with Gasteiger partial charge in [-0.25, -0.2) is 8.42 Å². The Kier molecular flexibility index (Phi) is 4.11. The van der Waals surface area contributed by atoms with Crippen LogP contribution in [-0.2, 0) is 26.0 Å². The summed E-state index contributed by atoms with van der Waals surface area (Å²) in [5.74, 6) is -0.529. The van der Waals surface area contributed by atoms with E-state index in [0.29, 0.717) is 6.42 Å². The first kappa shape index (κ1) is 13.5. The van der Waals surface area contributed by atoms with Crippen LogP contribution < -0.4 is 4.72 Å². The van der Waals surface area contributed by atoms with E-state index in [1.54, 1.807) is 0 Å². The fourth-order valence-corrected chi connectivity index (χ4v) is 2.18. The monoisotopic (exact) mass is 261 g/mol. The second-order valence-corrected chi connectivity index (χ2v) is 5.44.